The van der Waals surface area contributed by atoms with Crippen LogP contribution in [0.4, 0.5) is 0 Å². The smallest absolute Gasteiger partial charge is 0.136 e. The van der Waals surface area contributed by atoms with Gasteiger partial charge in [-0.15, -0.1) is 0 Å². The minimum absolute atomic E-state index is 0.381. The number of hydrogen-bond acceptors (Lipinski definition) is 2. The molecule has 0 aliphatic carbocycles. The van der Waals surface area contributed by atoms with Gasteiger partial charge in [0, 0.05) is 27.9 Å². The van der Waals surface area contributed by atoms with Crippen molar-refractivity contribution in [1.29, 1.82) is 0 Å². The SMILES string of the molecule is [B]C(C)(C)c1ccc2c(-c3ccc4c(c3)oc3cc5ccccc5cc34)nccc2c1. The van der Waals surface area contributed by atoms with Crippen molar-refractivity contribution in [2.24, 2.45) is 0 Å². The molecule has 0 saturated carbocycles. The first-order valence-electron chi connectivity index (χ1n) is 10.5. The predicted octanol–water partition coefficient (Wildman–Crippen LogP) is 7.36. The van der Waals surface area contributed by atoms with E-state index in [0.29, 0.717) is 0 Å². The van der Waals surface area contributed by atoms with Crippen LogP contribution in [0.2, 0.25) is 0 Å². The molecule has 0 atom stereocenters. The van der Waals surface area contributed by atoms with Crippen molar-refractivity contribution < 1.29 is 4.42 Å². The molecule has 0 aliphatic rings. The Balaban J connectivity index is 1.55. The van der Waals surface area contributed by atoms with E-state index in [1.807, 2.05) is 26.1 Å². The van der Waals surface area contributed by atoms with Crippen molar-refractivity contribution in [3.63, 3.8) is 0 Å². The van der Waals surface area contributed by atoms with Crippen molar-refractivity contribution >= 4 is 51.3 Å². The molecule has 0 saturated heterocycles. The Labute approximate surface area is 181 Å². The Morgan fingerprint density at radius 3 is 2.26 bits per heavy atom. The van der Waals surface area contributed by atoms with E-state index in [1.165, 1.54) is 10.8 Å². The minimum Gasteiger partial charge on any atom is -0.456 e. The van der Waals surface area contributed by atoms with Gasteiger partial charge < -0.3 is 4.42 Å². The van der Waals surface area contributed by atoms with E-state index < -0.39 is 0 Å². The lowest BCUT2D eigenvalue weighted by atomic mass is 9.67. The van der Waals surface area contributed by atoms with Gasteiger partial charge in [0.2, 0.25) is 0 Å². The van der Waals surface area contributed by atoms with Crippen LogP contribution >= 0.6 is 0 Å². The molecular formula is C28H20BNO. The van der Waals surface area contributed by atoms with Gasteiger partial charge in [-0.2, -0.15) is 0 Å². The lowest BCUT2D eigenvalue weighted by Gasteiger charge is -2.20. The molecule has 4 aromatic carbocycles. The first-order chi connectivity index (χ1) is 15.0. The first kappa shape index (κ1) is 18.2. The third kappa shape index (κ3) is 2.92. The maximum absolute atomic E-state index is 6.30. The summed E-state index contributed by atoms with van der Waals surface area (Å²) in [6.45, 7) is 4.05. The van der Waals surface area contributed by atoms with Crippen LogP contribution < -0.4 is 0 Å². The number of benzene rings is 4. The highest BCUT2D eigenvalue weighted by Gasteiger charge is 2.15. The lowest BCUT2D eigenvalue weighted by Crippen LogP contribution is -2.16. The standard InChI is InChI=1S/C28H20BNO/c1-28(2,29)21-8-10-22-19(13-21)11-12-30-27(22)20-7-9-23-24-14-17-5-3-4-6-18(17)15-26(24)31-25(23)16-20/h3-16H,1-2H3. The van der Waals surface area contributed by atoms with Gasteiger partial charge in [-0.05, 0) is 51.8 Å². The van der Waals surface area contributed by atoms with Gasteiger partial charge in [-0.1, -0.05) is 67.9 Å². The van der Waals surface area contributed by atoms with E-state index in [2.05, 4.69) is 72.8 Å². The van der Waals surface area contributed by atoms with Crippen molar-refractivity contribution in [2.45, 2.75) is 19.2 Å². The van der Waals surface area contributed by atoms with Gasteiger partial charge in [0.1, 0.15) is 11.2 Å². The molecule has 2 nitrogen and oxygen atoms in total. The second-order valence-electron chi connectivity index (χ2n) is 8.83. The molecule has 31 heavy (non-hydrogen) atoms. The summed E-state index contributed by atoms with van der Waals surface area (Å²) in [4.78, 5) is 4.70. The summed E-state index contributed by atoms with van der Waals surface area (Å²) in [6, 6.07) is 27.5. The summed E-state index contributed by atoms with van der Waals surface area (Å²) >= 11 is 0. The molecule has 0 spiro atoms. The zero-order valence-electron chi connectivity index (χ0n) is 17.5. The molecule has 146 valence electrons. The number of fused-ring (bicyclic) bond motifs is 5. The normalized spacial score (nSPS) is 12.3. The Hall–Kier alpha value is -3.59. The summed E-state index contributed by atoms with van der Waals surface area (Å²) < 4.78 is 6.25. The topological polar surface area (TPSA) is 26.0 Å². The zero-order valence-corrected chi connectivity index (χ0v) is 17.5. The van der Waals surface area contributed by atoms with Gasteiger partial charge in [-0.3, -0.25) is 4.98 Å². The monoisotopic (exact) mass is 397 g/mol. The minimum atomic E-state index is -0.381. The number of rotatable bonds is 2. The summed E-state index contributed by atoms with van der Waals surface area (Å²) in [5, 5.41) is 6.53. The summed E-state index contributed by atoms with van der Waals surface area (Å²) in [5.41, 5.74) is 4.89. The molecule has 0 unspecified atom stereocenters. The predicted molar refractivity (Wildman–Crippen MR) is 131 cm³/mol. The fourth-order valence-electron chi connectivity index (χ4n) is 4.42. The maximum Gasteiger partial charge on any atom is 0.136 e. The Morgan fingerprint density at radius 2 is 1.45 bits per heavy atom. The van der Waals surface area contributed by atoms with Crippen LogP contribution in [0.15, 0.2) is 89.5 Å². The highest BCUT2D eigenvalue weighted by atomic mass is 16.3. The molecule has 2 aromatic heterocycles. The molecule has 6 rings (SSSR count). The molecule has 2 radical (unpaired) electrons. The Morgan fingerprint density at radius 1 is 0.710 bits per heavy atom. The molecule has 0 N–H and O–H groups in total. The average molecular weight is 397 g/mol. The van der Waals surface area contributed by atoms with E-state index in [1.54, 1.807) is 0 Å². The van der Waals surface area contributed by atoms with Crippen LogP contribution in [-0.4, -0.2) is 12.8 Å². The van der Waals surface area contributed by atoms with Crippen LogP contribution in [0.1, 0.15) is 19.4 Å². The van der Waals surface area contributed by atoms with E-state index in [0.717, 1.165) is 49.5 Å². The highest BCUT2D eigenvalue weighted by Crippen LogP contribution is 2.36. The second kappa shape index (κ2) is 6.45. The molecule has 0 amide bonds. The molecule has 0 bridgehead atoms. The van der Waals surface area contributed by atoms with E-state index in [4.69, 9.17) is 17.2 Å². The highest BCUT2D eigenvalue weighted by molar-refractivity contribution is 6.15. The number of hydrogen-bond donors (Lipinski definition) is 0. The zero-order chi connectivity index (χ0) is 21.2. The lowest BCUT2D eigenvalue weighted by molar-refractivity contribution is 0.669. The van der Waals surface area contributed by atoms with Crippen LogP contribution in [0.3, 0.4) is 0 Å². The summed E-state index contributed by atoms with van der Waals surface area (Å²) in [6.07, 6.45) is 1.86. The van der Waals surface area contributed by atoms with Crippen LogP contribution in [0, 0.1) is 0 Å². The second-order valence-corrected chi connectivity index (χ2v) is 8.83. The van der Waals surface area contributed by atoms with Gasteiger partial charge in [0.15, 0.2) is 0 Å². The van der Waals surface area contributed by atoms with Crippen LogP contribution in [-0.2, 0) is 5.31 Å². The molecule has 2 heterocycles. The quantitative estimate of drug-likeness (QED) is 0.285. The van der Waals surface area contributed by atoms with E-state index in [-0.39, 0.29) is 5.31 Å². The summed E-state index contributed by atoms with van der Waals surface area (Å²) in [5.74, 6) is 0. The number of aromatic nitrogens is 1. The molecule has 3 heteroatoms. The summed E-state index contributed by atoms with van der Waals surface area (Å²) in [7, 11) is 6.30. The Bertz CT molecular complexity index is 1620. The van der Waals surface area contributed by atoms with Crippen LogP contribution in [0.5, 0.6) is 0 Å². The molecular weight excluding hydrogens is 377 g/mol. The Kier molecular flexibility index (Phi) is 3.79. The average Bonchev–Trinajstić information content (AvgIpc) is 3.12. The van der Waals surface area contributed by atoms with Crippen molar-refractivity contribution in [1.82, 2.24) is 4.98 Å². The number of pyridine rings is 1. The van der Waals surface area contributed by atoms with Crippen molar-refractivity contribution in [3.8, 4) is 11.3 Å². The van der Waals surface area contributed by atoms with Gasteiger partial charge in [0.05, 0.1) is 13.5 Å². The van der Waals surface area contributed by atoms with E-state index >= 15 is 0 Å². The number of furan rings is 1. The van der Waals surface area contributed by atoms with Crippen LogP contribution in [0.25, 0.3) is 54.7 Å². The molecule has 6 aromatic rings. The van der Waals surface area contributed by atoms with Gasteiger partial charge >= 0.3 is 0 Å². The maximum atomic E-state index is 6.30. The van der Waals surface area contributed by atoms with Crippen molar-refractivity contribution in [3.05, 3.63) is 90.6 Å². The first-order valence-corrected chi connectivity index (χ1v) is 10.5. The molecule has 0 fully saturated rings. The van der Waals surface area contributed by atoms with Gasteiger partial charge in [0.25, 0.3) is 0 Å². The molecule has 0 aliphatic heterocycles. The third-order valence-electron chi connectivity index (χ3n) is 6.12. The fraction of sp³-hybridized carbons (Fsp3) is 0.107. The number of nitrogens with zero attached hydrogens (tertiary/aromatic N) is 1. The third-order valence-corrected chi connectivity index (χ3v) is 6.12. The van der Waals surface area contributed by atoms with Gasteiger partial charge in [-0.25, -0.2) is 0 Å². The van der Waals surface area contributed by atoms with Crippen molar-refractivity contribution in [2.75, 3.05) is 0 Å². The fourth-order valence-corrected chi connectivity index (χ4v) is 4.42. The largest absolute Gasteiger partial charge is 0.456 e. The van der Waals surface area contributed by atoms with E-state index in [9.17, 15) is 0 Å².